The van der Waals surface area contributed by atoms with E-state index >= 15 is 0 Å². The van der Waals surface area contributed by atoms with Gasteiger partial charge in [0.25, 0.3) is 5.69 Å². The third-order valence-corrected chi connectivity index (χ3v) is 4.04. The summed E-state index contributed by atoms with van der Waals surface area (Å²) >= 11 is 0. The van der Waals surface area contributed by atoms with Crippen LogP contribution in [-0.4, -0.2) is 49.3 Å². The molecule has 3 rings (SSSR count). The fourth-order valence-corrected chi connectivity index (χ4v) is 2.71. The molecule has 0 N–H and O–H groups in total. The maximum absolute atomic E-state index is 11.5. The lowest BCUT2D eigenvalue weighted by Gasteiger charge is -2.33. The minimum absolute atomic E-state index is 0.0520. The highest BCUT2D eigenvalue weighted by molar-refractivity contribution is 5.75. The topological polar surface area (TPSA) is 79.8 Å². The maximum Gasteiger partial charge on any atom is 0.293 e. The number of carbonyl (C=O) groups excluding carboxylic acids is 1. The minimum Gasteiger partial charge on any atom is -0.453 e. The van der Waals surface area contributed by atoms with E-state index in [0.29, 0.717) is 23.3 Å². The van der Waals surface area contributed by atoms with Gasteiger partial charge in [-0.2, -0.15) is 0 Å². The van der Waals surface area contributed by atoms with E-state index in [2.05, 4.69) is 4.90 Å². The van der Waals surface area contributed by atoms with Gasteiger partial charge in [-0.1, -0.05) is 0 Å². The molecule has 0 atom stereocenters. The molecule has 1 saturated heterocycles. The van der Waals surface area contributed by atoms with Crippen molar-refractivity contribution in [3.63, 3.8) is 0 Å². The van der Waals surface area contributed by atoms with Gasteiger partial charge < -0.3 is 14.2 Å². The molecule has 2 heterocycles. The molecule has 2 aromatic rings. The molecule has 120 valence electrons. The van der Waals surface area contributed by atoms with Crippen molar-refractivity contribution >= 4 is 17.7 Å². The van der Waals surface area contributed by atoms with Gasteiger partial charge in [0.05, 0.1) is 4.92 Å². The first kappa shape index (κ1) is 15.2. The highest BCUT2D eigenvalue weighted by Gasteiger charge is 2.23. The maximum atomic E-state index is 11.5. The Kier molecular flexibility index (Phi) is 4.12. The van der Waals surface area contributed by atoms with Gasteiger partial charge in [0.15, 0.2) is 12.0 Å². The molecular formula is C16H17N3O4. The van der Waals surface area contributed by atoms with Gasteiger partial charge in [0, 0.05) is 37.8 Å². The summed E-state index contributed by atoms with van der Waals surface area (Å²) in [4.78, 5) is 26.0. The zero-order valence-corrected chi connectivity index (χ0v) is 12.8. The first-order valence-corrected chi connectivity index (χ1v) is 7.36. The van der Waals surface area contributed by atoms with Gasteiger partial charge >= 0.3 is 0 Å². The van der Waals surface area contributed by atoms with Crippen molar-refractivity contribution in [2.75, 3.05) is 38.1 Å². The SMILES string of the molecule is CN1CCN(c2ccc(-c3ccc(C=O)o3)cc2[N+](=O)[O-])CC1. The number of hydrogen-bond acceptors (Lipinski definition) is 6. The summed E-state index contributed by atoms with van der Waals surface area (Å²) in [5, 5.41) is 11.5. The van der Waals surface area contributed by atoms with Gasteiger partial charge in [0.2, 0.25) is 0 Å². The van der Waals surface area contributed by atoms with Gasteiger partial charge in [0.1, 0.15) is 11.4 Å². The number of benzene rings is 1. The normalized spacial score (nSPS) is 15.6. The predicted octanol–water partition coefficient (Wildman–Crippen LogP) is 2.42. The van der Waals surface area contributed by atoms with E-state index in [4.69, 9.17) is 4.42 Å². The predicted molar refractivity (Wildman–Crippen MR) is 85.9 cm³/mol. The van der Waals surface area contributed by atoms with Gasteiger partial charge in [-0.05, 0) is 31.3 Å². The first-order chi connectivity index (χ1) is 11.1. The van der Waals surface area contributed by atoms with Crippen molar-refractivity contribution in [3.05, 3.63) is 46.2 Å². The van der Waals surface area contributed by atoms with E-state index in [9.17, 15) is 14.9 Å². The summed E-state index contributed by atoms with van der Waals surface area (Å²) in [5.74, 6) is 0.644. The number of carbonyl (C=O) groups is 1. The molecular weight excluding hydrogens is 298 g/mol. The van der Waals surface area contributed by atoms with Crippen molar-refractivity contribution in [2.45, 2.75) is 0 Å². The number of aldehydes is 1. The van der Waals surface area contributed by atoms with E-state index in [-0.39, 0.29) is 16.4 Å². The Hall–Kier alpha value is -2.67. The van der Waals surface area contributed by atoms with Crippen LogP contribution < -0.4 is 4.90 Å². The van der Waals surface area contributed by atoms with Crippen LogP contribution in [0.4, 0.5) is 11.4 Å². The molecule has 1 aliphatic rings. The summed E-state index contributed by atoms with van der Waals surface area (Å²) in [6.07, 6.45) is 0.608. The summed E-state index contributed by atoms with van der Waals surface area (Å²) in [5.41, 5.74) is 1.26. The second kappa shape index (κ2) is 6.21. The molecule has 23 heavy (non-hydrogen) atoms. The Morgan fingerprint density at radius 1 is 1.17 bits per heavy atom. The van der Waals surface area contributed by atoms with Gasteiger partial charge in [-0.25, -0.2) is 0 Å². The zero-order valence-electron chi connectivity index (χ0n) is 12.8. The molecule has 1 aliphatic heterocycles. The lowest BCUT2D eigenvalue weighted by molar-refractivity contribution is -0.384. The van der Waals surface area contributed by atoms with E-state index in [1.807, 2.05) is 11.9 Å². The van der Waals surface area contributed by atoms with Crippen molar-refractivity contribution in [2.24, 2.45) is 0 Å². The molecule has 0 radical (unpaired) electrons. The van der Waals surface area contributed by atoms with Crippen LogP contribution in [0.15, 0.2) is 34.7 Å². The van der Waals surface area contributed by atoms with Gasteiger partial charge in [-0.15, -0.1) is 0 Å². The third-order valence-electron chi connectivity index (χ3n) is 4.04. The molecule has 1 aromatic heterocycles. The van der Waals surface area contributed by atoms with Crippen molar-refractivity contribution in [1.82, 2.24) is 4.90 Å². The molecule has 0 aliphatic carbocycles. The Morgan fingerprint density at radius 3 is 2.52 bits per heavy atom. The van der Waals surface area contributed by atoms with Crippen LogP contribution in [0.1, 0.15) is 10.6 Å². The molecule has 0 spiro atoms. The molecule has 0 amide bonds. The van der Waals surface area contributed by atoms with Crippen LogP contribution in [0, 0.1) is 10.1 Å². The van der Waals surface area contributed by atoms with Crippen LogP contribution in [0.25, 0.3) is 11.3 Å². The fourth-order valence-electron chi connectivity index (χ4n) is 2.71. The molecule has 0 unspecified atom stereocenters. The number of hydrogen-bond donors (Lipinski definition) is 0. The van der Waals surface area contributed by atoms with Crippen molar-refractivity contribution in [3.8, 4) is 11.3 Å². The minimum atomic E-state index is -0.374. The average molecular weight is 315 g/mol. The van der Waals surface area contributed by atoms with Gasteiger partial charge in [-0.3, -0.25) is 14.9 Å². The summed E-state index contributed by atoms with van der Waals surface area (Å²) < 4.78 is 5.34. The molecule has 1 fully saturated rings. The molecule has 7 nitrogen and oxygen atoms in total. The highest BCUT2D eigenvalue weighted by atomic mass is 16.6. The number of likely N-dealkylation sites (N-methyl/N-ethyl adjacent to an activating group) is 1. The van der Waals surface area contributed by atoms with E-state index < -0.39 is 0 Å². The van der Waals surface area contributed by atoms with Crippen LogP contribution in [0.2, 0.25) is 0 Å². The van der Waals surface area contributed by atoms with Crippen LogP contribution in [0.5, 0.6) is 0 Å². The lowest BCUT2D eigenvalue weighted by atomic mass is 10.1. The van der Waals surface area contributed by atoms with Crippen LogP contribution in [0.3, 0.4) is 0 Å². The van der Waals surface area contributed by atoms with Crippen LogP contribution >= 0.6 is 0 Å². The second-order valence-corrected chi connectivity index (χ2v) is 5.57. The Morgan fingerprint density at radius 2 is 1.91 bits per heavy atom. The molecule has 7 heteroatoms. The summed E-state index contributed by atoms with van der Waals surface area (Å²) in [6, 6.07) is 8.22. The number of rotatable bonds is 4. The zero-order chi connectivity index (χ0) is 16.4. The van der Waals surface area contributed by atoms with E-state index in [1.54, 1.807) is 24.3 Å². The fraction of sp³-hybridized carbons (Fsp3) is 0.312. The standard InChI is InChI=1S/C16H17N3O4/c1-17-6-8-18(9-7-17)14-4-2-12(10-15(14)19(21)22)16-5-3-13(11-20)23-16/h2-5,10-11H,6-9H2,1H3. The monoisotopic (exact) mass is 315 g/mol. The highest BCUT2D eigenvalue weighted by Crippen LogP contribution is 2.34. The largest absolute Gasteiger partial charge is 0.453 e. The Bertz CT molecular complexity index is 733. The number of anilines is 1. The van der Waals surface area contributed by atoms with E-state index in [0.717, 1.165) is 26.2 Å². The smallest absolute Gasteiger partial charge is 0.293 e. The quantitative estimate of drug-likeness (QED) is 0.490. The second-order valence-electron chi connectivity index (χ2n) is 5.57. The molecule has 0 saturated carbocycles. The van der Waals surface area contributed by atoms with Crippen molar-refractivity contribution < 1.29 is 14.1 Å². The van der Waals surface area contributed by atoms with Crippen molar-refractivity contribution in [1.29, 1.82) is 0 Å². The number of furan rings is 1. The number of piperazine rings is 1. The Balaban J connectivity index is 1.95. The summed E-state index contributed by atoms with van der Waals surface area (Å²) in [7, 11) is 2.04. The number of nitro groups is 1. The molecule has 0 bridgehead atoms. The average Bonchev–Trinajstić information content (AvgIpc) is 3.04. The molecule has 1 aromatic carbocycles. The first-order valence-electron chi connectivity index (χ1n) is 7.36. The van der Waals surface area contributed by atoms with Crippen LogP contribution in [-0.2, 0) is 0 Å². The number of nitrogens with zero attached hydrogens (tertiary/aromatic N) is 3. The lowest BCUT2D eigenvalue weighted by Crippen LogP contribution is -2.44. The summed E-state index contributed by atoms with van der Waals surface area (Å²) in [6.45, 7) is 3.26. The number of nitro benzene ring substituents is 1. The third kappa shape index (κ3) is 3.09. The van der Waals surface area contributed by atoms with E-state index in [1.165, 1.54) is 6.07 Å². The Labute approximate surface area is 133 Å².